The lowest BCUT2D eigenvalue weighted by Crippen LogP contribution is -2.19. The molecule has 0 aliphatic carbocycles. The first kappa shape index (κ1) is 12.3. The molecular weight excluding hydrogens is 204 g/mol. The van der Waals surface area contributed by atoms with E-state index in [1.165, 1.54) is 10.5 Å². The quantitative estimate of drug-likeness (QED) is 0.558. The highest BCUT2D eigenvalue weighted by atomic mass is 32.2. The van der Waals surface area contributed by atoms with Crippen molar-refractivity contribution in [3.05, 3.63) is 29.8 Å². The second kappa shape index (κ2) is 5.36. The minimum Gasteiger partial charge on any atom is -0.303 e. The number of carbonyl (C=O) groups excluding carboxylic acids is 1. The summed E-state index contributed by atoms with van der Waals surface area (Å²) in [6.07, 6.45) is 1.98. The summed E-state index contributed by atoms with van der Waals surface area (Å²) in [7, 11) is 0. The van der Waals surface area contributed by atoms with Crippen LogP contribution in [0.2, 0.25) is 0 Å². The first-order chi connectivity index (χ1) is 7.09. The fraction of sp³-hybridized carbons (Fsp3) is 0.462. The molecule has 82 valence electrons. The minimum atomic E-state index is -0.185. The van der Waals surface area contributed by atoms with Gasteiger partial charge >= 0.3 is 0 Å². The number of benzene rings is 1. The predicted molar refractivity (Wildman–Crippen MR) is 66.4 cm³/mol. The van der Waals surface area contributed by atoms with Gasteiger partial charge in [0.2, 0.25) is 0 Å². The fourth-order valence-corrected chi connectivity index (χ4v) is 2.20. The monoisotopic (exact) mass is 222 g/mol. The molecular formula is C13H18OS. The van der Waals surface area contributed by atoms with Crippen LogP contribution in [0.4, 0.5) is 0 Å². The third-order valence-electron chi connectivity index (χ3n) is 2.68. The van der Waals surface area contributed by atoms with Gasteiger partial charge < -0.3 is 4.79 Å². The van der Waals surface area contributed by atoms with E-state index in [9.17, 15) is 4.79 Å². The maximum atomic E-state index is 10.9. The van der Waals surface area contributed by atoms with Crippen LogP contribution in [0, 0.1) is 12.3 Å². The van der Waals surface area contributed by atoms with Crippen molar-refractivity contribution in [3.8, 4) is 0 Å². The zero-order valence-corrected chi connectivity index (χ0v) is 10.4. The average molecular weight is 222 g/mol. The van der Waals surface area contributed by atoms with Crippen molar-refractivity contribution in [2.24, 2.45) is 5.41 Å². The molecule has 1 aromatic rings. The van der Waals surface area contributed by atoms with Crippen molar-refractivity contribution in [1.82, 2.24) is 0 Å². The maximum Gasteiger partial charge on any atom is 0.126 e. The maximum absolute atomic E-state index is 10.9. The van der Waals surface area contributed by atoms with Crippen molar-refractivity contribution in [3.63, 3.8) is 0 Å². The van der Waals surface area contributed by atoms with Crippen molar-refractivity contribution in [2.75, 3.05) is 5.75 Å². The van der Waals surface area contributed by atoms with E-state index in [2.05, 4.69) is 38.1 Å². The lowest BCUT2D eigenvalue weighted by atomic mass is 9.92. The van der Waals surface area contributed by atoms with Gasteiger partial charge in [-0.3, -0.25) is 0 Å². The van der Waals surface area contributed by atoms with E-state index in [-0.39, 0.29) is 5.41 Å². The number of hydrogen-bond acceptors (Lipinski definition) is 2. The van der Waals surface area contributed by atoms with Crippen LogP contribution in [-0.4, -0.2) is 12.0 Å². The molecule has 0 saturated heterocycles. The Kier molecular flexibility index (Phi) is 4.40. The Labute approximate surface area is 96.3 Å². The largest absolute Gasteiger partial charge is 0.303 e. The fourth-order valence-electron chi connectivity index (χ4n) is 1.10. The molecule has 1 unspecified atom stereocenters. The average Bonchev–Trinajstić information content (AvgIpc) is 2.28. The Morgan fingerprint density at radius 3 is 2.40 bits per heavy atom. The summed E-state index contributed by atoms with van der Waals surface area (Å²) >= 11 is 1.75. The summed E-state index contributed by atoms with van der Waals surface area (Å²) in [5, 5.41) is 0. The number of carbonyl (C=O) groups is 1. The summed E-state index contributed by atoms with van der Waals surface area (Å²) in [6.45, 7) is 6.15. The Balaban J connectivity index is 2.56. The summed E-state index contributed by atoms with van der Waals surface area (Å²) in [6, 6.07) is 8.43. The van der Waals surface area contributed by atoms with Gasteiger partial charge in [-0.2, -0.15) is 0 Å². The number of rotatable bonds is 5. The van der Waals surface area contributed by atoms with Crippen molar-refractivity contribution < 1.29 is 4.79 Å². The third kappa shape index (κ3) is 3.71. The molecule has 0 N–H and O–H groups in total. The predicted octanol–water partition coefficient (Wildman–Crippen LogP) is 3.70. The Morgan fingerprint density at radius 1 is 1.33 bits per heavy atom. The molecule has 0 radical (unpaired) electrons. The standard InChI is InChI=1S/C13H18OS/c1-4-13(3,9-14)10-15-12-7-5-11(2)6-8-12/h5-9H,4,10H2,1-3H3. The Morgan fingerprint density at radius 2 is 1.93 bits per heavy atom. The van der Waals surface area contributed by atoms with Gasteiger partial charge in [-0.05, 0) is 25.5 Å². The molecule has 0 aromatic heterocycles. The van der Waals surface area contributed by atoms with E-state index in [1.54, 1.807) is 11.8 Å². The SMILES string of the molecule is CCC(C)(C=O)CSc1ccc(C)cc1. The van der Waals surface area contributed by atoms with Crippen LogP contribution >= 0.6 is 11.8 Å². The van der Waals surface area contributed by atoms with Gasteiger partial charge in [-0.15, -0.1) is 11.8 Å². The zero-order valence-electron chi connectivity index (χ0n) is 9.62. The van der Waals surface area contributed by atoms with E-state index in [4.69, 9.17) is 0 Å². The molecule has 1 atom stereocenters. The van der Waals surface area contributed by atoms with E-state index < -0.39 is 0 Å². The summed E-state index contributed by atoms with van der Waals surface area (Å²) in [4.78, 5) is 12.2. The normalized spacial score (nSPS) is 14.6. The molecule has 1 rings (SSSR count). The van der Waals surface area contributed by atoms with Crippen molar-refractivity contribution >= 4 is 18.0 Å². The van der Waals surface area contributed by atoms with E-state index >= 15 is 0 Å². The van der Waals surface area contributed by atoms with Gasteiger partial charge in [-0.1, -0.05) is 31.5 Å². The lowest BCUT2D eigenvalue weighted by molar-refractivity contribution is -0.114. The van der Waals surface area contributed by atoms with Crippen LogP contribution in [0.1, 0.15) is 25.8 Å². The zero-order chi connectivity index (χ0) is 11.3. The van der Waals surface area contributed by atoms with Gasteiger partial charge in [0.15, 0.2) is 0 Å². The first-order valence-corrected chi connectivity index (χ1v) is 6.24. The number of aryl methyl sites for hydroxylation is 1. The van der Waals surface area contributed by atoms with Crippen LogP contribution in [-0.2, 0) is 4.79 Å². The van der Waals surface area contributed by atoms with Gasteiger partial charge in [0, 0.05) is 16.1 Å². The van der Waals surface area contributed by atoms with Crippen LogP contribution < -0.4 is 0 Å². The van der Waals surface area contributed by atoms with Crippen molar-refractivity contribution in [2.45, 2.75) is 32.1 Å². The van der Waals surface area contributed by atoms with Crippen LogP contribution in [0.15, 0.2) is 29.2 Å². The third-order valence-corrected chi connectivity index (χ3v) is 4.09. The van der Waals surface area contributed by atoms with Gasteiger partial charge in [0.25, 0.3) is 0 Å². The van der Waals surface area contributed by atoms with E-state index in [1.807, 2.05) is 6.92 Å². The smallest absolute Gasteiger partial charge is 0.126 e. The summed E-state index contributed by atoms with van der Waals surface area (Å²) < 4.78 is 0. The topological polar surface area (TPSA) is 17.1 Å². The van der Waals surface area contributed by atoms with E-state index in [0.717, 1.165) is 18.5 Å². The van der Waals surface area contributed by atoms with Gasteiger partial charge in [0.05, 0.1) is 0 Å². The highest BCUT2D eigenvalue weighted by molar-refractivity contribution is 7.99. The molecule has 1 nitrogen and oxygen atoms in total. The van der Waals surface area contributed by atoms with Crippen molar-refractivity contribution in [1.29, 1.82) is 0 Å². The first-order valence-electron chi connectivity index (χ1n) is 5.25. The Hall–Kier alpha value is -0.760. The summed E-state index contributed by atoms with van der Waals surface area (Å²) in [5.74, 6) is 0.857. The second-order valence-electron chi connectivity index (χ2n) is 4.23. The highest BCUT2D eigenvalue weighted by Crippen LogP contribution is 2.28. The molecule has 0 aliphatic rings. The van der Waals surface area contributed by atoms with Crippen LogP contribution in [0.3, 0.4) is 0 Å². The lowest BCUT2D eigenvalue weighted by Gasteiger charge is -2.19. The molecule has 2 heteroatoms. The van der Waals surface area contributed by atoms with E-state index in [0.29, 0.717) is 0 Å². The molecule has 15 heavy (non-hydrogen) atoms. The van der Waals surface area contributed by atoms with Crippen LogP contribution in [0.5, 0.6) is 0 Å². The molecule has 1 aromatic carbocycles. The molecule has 0 fully saturated rings. The number of thioether (sulfide) groups is 1. The number of aldehydes is 1. The molecule has 0 bridgehead atoms. The summed E-state index contributed by atoms with van der Waals surface area (Å²) in [5.41, 5.74) is 1.09. The molecule has 0 spiro atoms. The highest BCUT2D eigenvalue weighted by Gasteiger charge is 2.20. The molecule has 0 heterocycles. The molecule has 0 amide bonds. The van der Waals surface area contributed by atoms with Crippen LogP contribution in [0.25, 0.3) is 0 Å². The Bertz CT molecular complexity index is 318. The number of hydrogen-bond donors (Lipinski definition) is 0. The minimum absolute atomic E-state index is 0.185. The molecule has 0 saturated carbocycles. The molecule has 0 aliphatic heterocycles. The van der Waals surface area contributed by atoms with Gasteiger partial charge in [-0.25, -0.2) is 0 Å². The second-order valence-corrected chi connectivity index (χ2v) is 5.28. The van der Waals surface area contributed by atoms with Gasteiger partial charge in [0.1, 0.15) is 6.29 Å².